The Balaban J connectivity index is 1.72. The summed E-state index contributed by atoms with van der Waals surface area (Å²) in [5.74, 6) is 1.76. The van der Waals surface area contributed by atoms with Gasteiger partial charge in [0.1, 0.15) is 11.6 Å². The zero-order chi connectivity index (χ0) is 14.7. The van der Waals surface area contributed by atoms with Crippen LogP contribution in [-0.2, 0) is 6.42 Å². The van der Waals surface area contributed by atoms with Crippen molar-refractivity contribution in [3.63, 3.8) is 0 Å². The van der Waals surface area contributed by atoms with E-state index in [0.29, 0.717) is 6.04 Å². The molecule has 1 fully saturated rings. The van der Waals surface area contributed by atoms with Crippen molar-refractivity contribution < 1.29 is 4.74 Å². The van der Waals surface area contributed by atoms with Gasteiger partial charge in [0.15, 0.2) is 0 Å². The molecule has 0 bridgehead atoms. The Morgan fingerprint density at radius 2 is 2.38 bits per heavy atom. The first-order valence-electron chi connectivity index (χ1n) is 7.19. The fraction of sp³-hybridized carbons (Fsp3) is 0.467. The van der Waals surface area contributed by atoms with Crippen molar-refractivity contribution in [3.8, 4) is 5.75 Å². The zero-order valence-corrected chi connectivity index (χ0v) is 13.2. The van der Waals surface area contributed by atoms with E-state index >= 15 is 0 Å². The summed E-state index contributed by atoms with van der Waals surface area (Å²) < 4.78 is 9.76. The predicted octanol–water partition coefficient (Wildman–Crippen LogP) is 1.94. The maximum Gasteiger partial charge on any atom is 0.205 e. The second-order valence-electron chi connectivity index (χ2n) is 5.27. The van der Waals surface area contributed by atoms with Crippen LogP contribution in [0.2, 0.25) is 0 Å². The number of aromatic nitrogens is 2. The average Bonchev–Trinajstić information content (AvgIpc) is 2.96. The summed E-state index contributed by atoms with van der Waals surface area (Å²) in [7, 11) is 1.68. The monoisotopic (exact) mass is 304 g/mol. The minimum atomic E-state index is 0.469. The molecular formula is C15H20N4OS. The number of benzene rings is 1. The highest BCUT2D eigenvalue weighted by Gasteiger charge is 2.21. The highest BCUT2D eigenvalue weighted by Crippen LogP contribution is 2.22. The molecule has 1 aromatic carbocycles. The van der Waals surface area contributed by atoms with Crippen LogP contribution >= 0.6 is 11.5 Å². The van der Waals surface area contributed by atoms with Gasteiger partial charge in [0.25, 0.3) is 0 Å². The van der Waals surface area contributed by atoms with Crippen LogP contribution in [0.5, 0.6) is 5.75 Å². The second kappa shape index (κ2) is 6.41. The first-order valence-corrected chi connectivity index (χ1v) is 7.96. The molecule has 0 amide bonds. The van der Waals surface area contributed by atoms with Gasteiger partial charge in [-0.2, -0.15) is 4.37 Å². The van der Waals surface area contributed by atoms with Crippen molar-refractivity contribution in [1.29, 1.82) is 0 Å². The van der Waals surface area contributed by atoms with E-state index in [1.165, 1.54) is 17.1 Å². The lowest BCUT2D eigenvalue weighted by Crippen LogP contribution is -2.49. The van der Waals surface area contributed by atoms with E-state index in [-0.39, 0.29) is 0 Å². The maximum absolute atomic E-state index is 5.25. The normalized spacial score (nSPS) is 18.8. The molecule has 112 valence electrons. The van der Waals surface area contributed by atoms with E-state index < -0.39 is 0 Å². The highest BCUT2D eigenvalue weighted by atomic mass is 32.1. The number of rotatable bonds is 4. The molecular weight excluding hydrogens is 284 g/mol. The van der Waals surface area contributed by atoms with Gasteiger partial charge >= 0.3 is 0 Å². The third-order valence-corrected chi connectivity index (χ3v) is 4.49. The summed E-state index contributed by atoms with van der Waals surface area (Å²) in [6, 6.07) is 8.53. The number of methoxy groups -OCH3 is 1. The molecule has 3 rings (SSSR count). The minimum absolute atomic E-state index is 0.469. The molecule has 0 aliphatic carbocycles. The van der Waals surface area contributed by atoms with Crippen molar-refractivity contribution in [2.75, 3.05) is 31.6 Å². The molecule has 1 aliphatic heterocycles. The lowest BCUT2D eigenvalue weighted by Gasteiger charge is -2.33. The Morgan fingerprint density at radius 1 is 1.48 bits per heavy atom. The molecule has 0 spiro atoms. The summed E-state index contributed by atoms with van der Waals surface area (Å²) in [5, 5.41) is 4.42. The number of piperazine rings is 1. The van der Waals surface area contributed by atoms with Gasteiger partial charge in [0.2, 0.25) is 5.13 Å². The lowest BCUT2D eigenvalue weighted by molar-refractivity contribution is 0.414. The molecule has 5 nitrogen and oxygen atoms in total. The van der Waals surface area contributed by atoms with Crippen LogP contribution in [0.25, 0.3) is 0 Å². The van der Waals surface area contributed by atoms with Crippen LogP contribution in [0.3, 0.4) is 0 Å². The van der Waals surface area contributed by atoms with E-state index in [1.54, 1.807) is 7.11 Å². The largest absolute Gasteiger partial charge is 0.497 e. The van der Waals surface area contributed by atoms with Crippen LogP contribution in [-0.4, -0.2) is 42.1 Å². The molecule has 1 saturated heterocycles. The van der Waals surface area contributed by atoms with Crippen LogP contribution in [0.15, 0.2) is 24.3 Å². The van der Waals surface area contributed by atoms with Crippen molar-refractivity contribution in [1.82, 2.24) is 14.7 Å². The second-order valence-corrected chi connectivity index (χ2v) is 6.00. The molecule has 0 radical (unpaired) electrons. The average molecular weight is 304 g/mol. The smallest absolute Gasteiger partial charge is 0.205 e. The Kier molecular flexibility index (Phi) is 4.36. The SMILES string of the molecule is COc1cccc(Cc2nsc(N3CCNCC3C)n2)c1. The molecule has 1 aliphatic rings. The van der Waals surface area contributed by atoms with Gasteiger partial charge in [-0.15, -0.1) is 0 Å². The summed E-state index contributed by atoms with van der Waals surface area (Å²) >= 11 is 1.49. The molecule has 2 aromatic rings. The zero-order valence-electron chi connectivity index (χ0n) is 12.4. The Hall–Kier alpha value is -1.66. The van der Waals surface area contributed by atoms with E-state index in [2.05, 4.69) is 27.6 Å². The molecule has 2 heterocycles. The molecule has 1 unspecified atom stereocenters. The van der Waals surface area contributed by atoms with Crippen molar-refractivity contribution in [2.45, 2.75) is 19.4 Å². The van der Waals surface area contributed by atoms with Crippen LogP contribution in [0.4, 0.5) is 5.13 Å². The Bertz CT molecular complexity index is 601. The topological polar surface area (TPSA) is 50.3 Å². The predicted molar refractivity (Wildman–Crippen MR) is 85.4 cm³/mol. The molecule has 1 atom stereocenters. The number of hydrogen-bond acceptors (Lipinski definition) is 6. The van der Waals surface area contributed by atoms with Crippen molar-refractivity contribution >= 4 is 16.7 Å². The number of anilines is 1. The van der Waals surface area contributed by atoms with Gasteiger partial charge in [-0.1, -0.05) is 12.1 Å². The number of nitrogens with zero attached hydrogens (tertiary/aromatic N) is 3. The van der Waals surface area contributed by atoms with Gasteiger partial charge < -0.3 is 15.0 Å². The Labute approximate surface area is 129 Å². The fourth-order valence-corrected chi connectivity index (χ4v) is 3.34. The maximum atomic E-state index is 5.25. The lowest BCUT2D eigenvalue weighted by atomic mass is 10.1. The molecule has 6 heteroatoms. The van der Waals surface area contributed by atoms with E-state index in [4.69, 9.17) is 9.72 Å². The van der Waals surface area contributed by atoms with Crippen molar-refractivity contribution in [3.05, 3.63) is 35.7 Å². The molecule has 21 heavy (non-hydrogen) atoms. The van der Waals surface area contributed by atoms with Gasteiger partial charge in [-0.3, -0.25) is 0 Å². The van der Waals surface area contributed by atoms with Crippen molar-refractivity contribution in [2.24, 2.45) is 0 Å². The summed E-state index contributed by atoms with van der Waals surface area (Å²) in [5.41, 5.74) is 1.17. The third kappa shape index (κ3) is 3.33. The van der Waals surface area contributed by atoms with Crippen LogP contribution < -0.4 is 15.0 Å². The van der Waals surface area contributed by atoms with E-state index in [9.17, 15) is 0 Å². The number of hydrogen-bond donors (Lipinski definition) is 1. The van der Waals surface area contributed by atoms with E-state index in [1.807, 2.05) is 18.2 Å². The number of nitrogens with one attached hydrogen (secondary N) is 1. The third-order valence-electron chi connectivity index (χ3n) is 3.70. The fourth-order valence-electron chi connectivity index (χ4n) is 2.52. The first kappa shape index (κ1) is 14.3. The molecule has 0 saturated carbocycles. The molecule has 1 N–H and O–H groups in total. The van der Waals surface area contributed by atoms with Crippen LogP contribution in [0.1, 0.15) is 18.3 Å². The Morgan fingerprint density at radius 3 is 3.19 bits per heavy atom. The first-order chi connectivity index (χ1) is 10.3. The highest BCUT2D eigenvalue weighted by molar-refractivity contribution is 7.09. The van der Waals surface area contributed by atoms with Gasteiger partial charge in [-0.25, -0.2) is 4.98 Å². The van der Waals surface area contributed by atoms with Gasteiger partial charge in [-0.05, 0) is 24.6 Å². The van der Waals surface area contributed by atoms with Gasteiger partial charge in [0, 0.05) is 43.6 Å². The summed E-state index contributed by atoms with van der Waals surface area (Å²) in [6.45, 7) is 5.23. The number of ether oxygens (including phenoxy) is 1. The summed E-state index contributed by atoms with van der Waals surface area (Å²) in [4.78, 5) is 7.04. The van der Waals surface area contributed by atoms with E-state index in [0.717, 1.165) is 42.8 Å². The standard InChI is InChI=1S/C15H20N4OS/c1-11-10-16-6-7-19(11)15-17-14(18-21-15)9-12-4-3-5-13(8-12)20-2/h3-5,8,11,16H,6-7,9-10H2,1-2H3. The minimum Gasteiger partial charge on any atom is -0.497 e. The summed E-state index contributed by atoms with van der Waals surface area (Å²) in [6.07, 6.45) is 0.744. The van der Waals surface area contributed by atoms with Crippen LogP contribution in [0, 0.1) is 0 Å². The molecule has 1 aromatic heterocycles. The quantitative estimate of drug-likeness (QED) is 0.935. The van der Waals surface area contributed by atoms with Gasteiger partial charge in [0.05, 0.1) is 7.11 Å².